The predicted molar refractivity (Wildman–Crippen MR) is 82.3 cm³/mol. The molecule has 20 heavy (non-hydrogen) atoms. The van der Waals surface area contributed by atoms with Crippen LogP contribution in [0.25, 0.3) is 11.3 Å². The fourth-order valence-electron chi connectivity index (χ4n) is 2.68. The first kappa shape index (κ1) is 13.4. The van der Waals surface area contributed by atoms with E-state index < -0.39 is 5.97 Å². The van der Waals surface area contributed by atoms with Crippen LogP contribution >= 0.6 is 15.9 Å². The summed E-state index contributed by atoms with van der Waals surface area (Å²) in [6.07, 6.45) is 2.13. The molecule has 1 saturated carbocycles. The van der Waals surface area contributed by atoms with E-state index in [9.17, 15) is 9.90 Å². The Labute approximate surface area is 126 Å². The third kappa shape index (κ3) is 2.18. The van der Waals surface area contributed by atoms with Crippen LogP contribution in [0.15, 0.2) is 28.7 Å². The number of carboxylic acid groups (broad SMARTS) is 1. The number of aryl methyl sites for hydroxylation is 2. The first-order valence-corrected chi connectivity index (χ1v) is 7.50. The topological polar surface area (TPSA) is 42.2 Å². The zero-order chi connectivity index (χ0) is 14.4. The zero-order valence-corrected chi connectivity index (χ0v) is 13.1. The second-order valence-corrected chi connectivity index (χ2v) is 6.23. The van der Waals surface area contributed by atoms with E-state index in [0.717, 1.165) is 28.6 Å². The highest BCUT2D eigenvalue weighted by Crippen LogP contribution is 2.41. The van der Waals surface area contributed by atoms with Crippen molar-refractivity contribution < 1.29 is 9.90 Å². The third-order valence-electron chi connectivity index (χ3n) is 3.78. The highest BCUT2D eigenvalue weighted by molar-refractivity contribution is 9.10. The van der Waals surface area contributed by atoms with Crippen LogP contribution in [0, 0.1) is 13.8 Å². The summed E-state index contributed by atoms with van der Waals surface area (Å²) in [5.41, 5.74) is 4.81. The Morgan fingerprint density at radius 3 is 2.35 bits per heavy atom. The summed E-state index contributed by atoms with van der Waals surface area (Å²) in [5.74, 6) is -0.853. The number of carbonyl (C=O) groups is 1. The molecule has 0 spiro atoms. The molecule has 1 aliphatic carbocycles. The minimum atomic E-state index is -0.853. The van der Waals surface area contributed by atoms with Crippen molar-refractivity contribution in [3.8, 4) is 11.3 Å². The molecule has 2 aromatic rings. The lowest BCUT2D eigenvalue weighted by molar-refractivity contribution is 0.0685. The second kappa shape index (κ2) is 4.77. The van der Waals surface area contributed by atoms with E-state index in [4.69, 9.17) is 0 Å². The van der Waals surface area contributed by atoms with Gasteiger partial charge in [-0.3, -0.25) is 0 Å². The van der Waals surface area contributed by atoms with Crippen molar-refractivity contribution in [2.45, 2.75) is 32.7 Å². The van der Waals surface area contributed by atoms with E-state index in [1.54, 1.807) is 6.07 Å². The first-order valence-electron chi connectivity index (χ1n) is 6.70. The summed E-state index contributed by atoms with van der Waals surface area (Å²) >= 11 is 3.57. The lowest BCUT2D eigenvalue weighted by Crippen LogP contribution is -2.08. The van der Waals surface area contributed by atoms with E-state index in [0.29, 0.717) is 11.7 Å². The molecule has 1 fully saturated rings. The Morgan fingerprint density at radius 1 is 1.25 bits per heavy atom. The molecule has 1 aromatic carbocycles. The highest BCUT2D eigenvalue weighted by Gasteiger charge is 2.30. The Hall–Kier alpha value is -1.55. The molecule has 1 heterocycles. The molecule has 1 N–H and O–H groups in total. The SMILES string of the molecule is Cc1cc(-c2ccc(C(=O)O)n2C2CC2)cc(C)c1Br. The minimum absolute atomic E-state index is 0.343. The molecule has 1 aromatic heterocycles. The van der Waals surface area contributed by atoms with Crippen LogP contribution in [-0.4, -0.2) is 15.6 Å². The first-order chi connectivity index (χ1) is 9.49. The van der Waals surface area contributed by atoms with Gasteiger partial charge < -0.3 is 9.67 Å². The van der Waals surface area contributed by atoms with Gasteiger partial charge in [0.15, 0.2) is 0 Å². The molecule has 0 bridgehead atoms. The van der Waals surface area contributed by atoms with Crippen molar-refractivity contribution in [2.24, 2.45) is 0 Å². The standard InChI is InChI=1S/C16H16BrNO2/c1-9-7-11(8-10(2)15(9)17)13-5-6-14(16(19)20)18(13)12-3-4-12/h5-8,12H,3-4H2,1-2H3,(H,19,20). The van der Waals surface area contributed by atoms with Crippen molar-refractivity contribution in [3.05, 3.63) is 45.6 Å². The van der Waals surface area contributed by atoms with Gasteiger partial charge in [-0.15, -0.1) is 0 Å². The fourth-order valence-corrected chi connectivity index (χ4v) is 2.91. The number of nitrogens with zero attached hydrogens (tertiary/aromatic N) is 1. The summed E-state index contributed by atoms with van der Waals surface area (Å²) in [7, 11) is 0. The molecular formula is C16H16BrNO2. The number of hydrogen-bond acceptors (Lipinski definition) is 1. The normalized spacial score (nSPS) is 14.6. The zero-order valence-electron chi connectivity index (χ0n) is 11.5. The van der Waals surface area contributed by atoms with Crippen molar-refractivity contribution in [1.82, 2.24) is 4.57 Å². The van der Waals surface area contributed by atoms with E-state index in [1.807, 2.05) is 10.6 Å². The lowest BCUT2D eigenvalue weighted by atomic mass is 10.0. The van der Waals surface area contributed by atoms with E-state index in [1.165, 1.54) is 11.1 Å². The van der Waals surface area contributed by atoms with Crippen molar-refractivity contribution >= 4 is 21.9 Å². The Balaban J connectivity index is 2.17. The Morgan fingerprint density at radius 2 is 1.85 bits per heavy atom. The summed E-state index contributed by atoms with van der Waals surface area (Å²) in [4.78, 5) is 11.4. The maximum Gasteiger partial charge on any atom is 0.352 e. The number of aromatic carboxylic acids is 1. The fraction of sp³-hybridized carbons (Fsp3) is 0.312. The van der Waals surface area contributed by atoms with Crippen LogP contribution in [0.1, 0.15) is 40.5 Å². The third-order valence-corrected chi connectivity index (χ3v) is 5.03. The van der Waals surface area contributed by atoms with Gasteiger partial charge in [-0.2, -0.15) is 0 Å². The molecule has 0 atom stereocenters. The molecule has 104 valence electrons. The molecule has 0 radical (unpaired) electrons. The molecule has 0 unspecified atom stereocenters. The van der Waals surface area contributed by atoms with Crippen molar-refractivity contribution in [1.29, 1.82) is 0 Å². The predicted octanol–water partition coefficient (Wildman–Crippen LogP) is 4.57. The second-order valence-electron chi connectivity index (χ2n) is 5.43. The van der Waals surface area contributed by atoms with Crippen LogP contribution in [0.2, 0.25) is 0 Å². The minimum Gasteiger partial charge on any atom is -0.477 e. The molecule has 0 amide bonds. The van der Waals surface area contributed by atoms with E-state index >= 15 is 0 Å². The molecule has 0 saturated heterocycles. The van der Waals surface area contributed by atoms with Crippen LogP contribution in [-0.2, 0) is 0 Å². The van der Waals surface area contributed by atoms with Gasteiger partial charge in [0, 0.05) is 16.2 Å². The van der Waals surface area contributed by atoms with Gasteiger partial charge in [-0.1, -0.05) is 15.9 Å². The average Bonchev–Trinajstić information content (AvgIpc) is 3.13. The molecule has 0 aliphatic heterocycles. The van der Waals surface area contributed by atoms with E-state index in [2.05, 4.69) is 41.9 Å². The Kier molecular flexibility index (Phi) is 3.21. The maximum absolute atomic E-state index is 11.4. The molecule has 3 nitrogen and oxygen atoms in total. The van der Waals surface area contributed by atoms with Crippen molar-refractivity contribution in [3.63, 3.8) is 0 Å². The monoisotopic (exact) mass is 333 g/mol. The van der Waals surface area contributed by atoms with Crippen LogP contribution in [0.5, 0.6) is 0 Å². The van der Waals surface area contributed by atoms with Crippen LogP contribution in [0.3, 0.4) is 0 Å². The molecule has 3 rings (SSSR count). The molecular weight excluding hydrogens is 318 g/mol. The number of rotatable bonds is 3. The van der Waals surface area contributed by atoms with Crippen LogP contribution in [0.4, 0.5) is 0 Å². The van der Waals surface area contributed by atoms with E-state index in [-0.39, 0.29) is 0 Å². The summed E-state index contributed by atoms with van der Waals surface area (Å²) in [6.45, 7) is 4.12. The summed E-state index contributed by atoms with van der Waals surface area (Å²) < 4.78 is 3.09. The maximum atomic E-state index is 11.4. The van der Waals surface area contributed by atoms with Gasteiger partial charge >= 0.3 is 5.97 Å². The van der Waals surface area contributed by atoms with Gasteiger partial charge in [0.2, 0.25) is 0 Å². The summed E-state index contributed by atoms with van der Waals surface area (Å²) in [5, 5.41) is 9.33. The number of hydrogen-bond donors (Lipinski definition) is 1. The van der Waals surface area contributed by atoms with Crippen molar-refractivity contribution in [2.75, 3.05) is 0 Å². The lowest BCUT2D eigenvalue weighted by Gasteiger charge is -2.13. The number of aromatic nitrogens is 1. The quantitative estimate of drug-likeness (QED) is 0.894. The number of benzene rings is 1. The number of halogens is 1. The summed E-state index contributed by atoms with van der Waals surface area (Å²) in [6, 6.07) is 8.19. The Bertz CT molecular complexity index is 675. The van der Waals surface area contributed by atoms with Gasteiger partial charge in [-0.05, 0) is 67.6 Å². The largest absolute Gasteiger partial charge is 0.477 e. The smallest absolute Gasteiger partial charge is 0.352 e. The average molecular weight is 334 g/mol. The molecule has 4 heteroatoms. The number of carboxylic acids is 1. The van der Waals surface area contributed by atoms with Gasteiger partial charge in [0.1, 0.15) is 5.69 Å². The van der Waals surface area contributed by atoms with Gasteiger partial charge in [0.25, 0.3) is 0 Å². The van der Waals surface area contributed by atoms with Crippen LogP contribution < -0.4 is 0 Å². The van der Waals surface area contributed by atoms with Gasteiger partial charge in [0.05, 0.1) is 0 Å². The molecule has 1 aliphatic rings. The van der Waals surface area contributed by atoms with Gasteiger partial charge in [-0.25, -0.2) is 4.79 Å². The highest BCUT2D eigenvalue weighted by atomic mass is 79.9.